The number of carbonyl (C=O) groups excluding carboxylic acids is 1. The van der Waals surface area contributed by atoms with Crippen molar-refractivity contribution in [2.45, 2.75) is 32.7 Å². The van der Waals surface area contributed by atoms with E-state index in [0.717, 1.165) is 0 Å². The van der Waals surface area contributed by atoms with E-state index in [4.69, 9.17) is 17.3 Å². The Morgan fingerprint density at radius 3 is 2.65 bits per heavy atom. The second-order valence-electron chi connectivity index (χ2n) is 4.53. The van der Waals surface area contributed by atoms with Crippen molar-refractivity contribution in [2.24, 2.45) is 11.7 Å². The van der Waals surface area contributed by atoms with Crippen LogP contribution in [0.3, 0.4) is 0 Å². The van der Waals surface area contributed by atoms with Crippen LogP contribution >= 0.6 is 11.6 Å². The molecule has 94 valence electrons. The molecule has 1 rings (SSSR count). The molecule has 0 aliphatic rings. The van der Waals surface area contributed by atoms with E-state index < -0.39 is 5.82 Å². The van der Waals surface area contributed by atoms with Crippen LogP contribution in [0.15, 0.2) is 18.2 Å². The van der Waals surface area contributed by atoms with Crippen LogP contribution in [0.5, 0.6) is 0 Å². The summed E-state index contributed by atoms with van der Waals surface area (Å²) in [4.78, 5) is 11.7. The van der Waals surface area contributed by atoms with Gasteiger partial charge in [-0.15, -0.1) is 0 Å². The molecule has 0 amide bonds. The highest BCUT2D eigenvalue weighted by atomic mass is 35.5. The number of carbonyl (C=O) groups is 1. The van der Waals surface area contributed by atoms with Gasteiger partial charge in [-0.25, -0.2) is 4.39 Å². The summed E-state index contributed by atoms with van der Waals surface area (Å²) >= 11 is 5.85. The van der Waals surface area contributed by atoms with E-state index in [-0.39, 0.29) is 41.2 Å². The lowest BCUT2D eigenvalue weighted by Gasteiger charge is -2.14. The van der Waals surface area contributed by atoms with Gasteiger partial charge in [0.05, 0.1) is 0 Å². The third-order valence-electron chi connectivity index (χ3n) is 2.76. The molecule has 4 heteroatoms. The molecule has 0 saturated heterocycles. The number of hydrogen-bond acceptors (Lipinski definition) is 2. The summed E-state index contributed by atoms with van der Waals surface area (Å²) in [6.45, 7) is 3.90. The fourth-order valence-electron chi connectivity index (χ4n) is 1.47. The zero-order valence-corrected chi connectivity index (χ0v) is 10.8. The number of benzene rings is 1. The van der Waals surface area contributed by atoms with Crippen LogP contribution in [0, 0.1) is 11.7 Å². The Morgan fingerprint density at radius 2 is 2.12 bits per heavy atom. The third kappa shape index (κ3) is 4.10. The van der Waals surface area contributed by atoms with Crippen LogP contribution in [0.2, 0.25) is 5.02 Å². The number of rotatable bonds is 5. The number of halogens is 2. The second-order valence-corrected chi connectivity index (χ2v) is 4.93. The molecule has 0 aromatic heterocycles. The molecule has 0 heterocycles. The first kappa shape index (κ1) is 14.1. The first-order valence-electron chi connectivity index (χ1n) is 5.62. The lowest BCUT2D eigenvalue weighted by molar-refractivity contribution is -0.119. The van der Waals surface area contributed by atoms with Gasteiger partial charge in [-0.1, -0.05) is 31.5 Å². The summed E-state index contributed by atoms with van der Waals surface area (Å²) in [6, 6.07) is 4.21. The highest BCUT2D eigenvalue weighted by Gasteiger charge is 2.16. The Bertz CT molecular complexity index is 386. The fourth-order valence-corrected chi connectivity index (χ4v) is 1.70. The van der Waals surface area contributed by atoms with Crippen molar-refractivity contribution >= 4 is 17.4 Å². The average Bonchev–Trinajstić information content (AvgIpc) is 2.23. The zero-order chi connectivity index (χ0) is 13.0. The molecule has 1 atom stereocenters. The van der Waals surface area contributed by atoms with Gasteiger partial charge in [0.25, 0.3) is 0 Å². The van der Waals surface area contributed by atoms with Crippen molar-refractivity contribution in [3.8, 4) is 0 Å². The van der Waals surface area contributed by atoms with Gasteiger partial charge in [0.2, 0.25) is 0 Å². The van der Waals surface area contributed by atoms with Crippen molar-refractivity contribution in [2.75, 3.05) is 0 Å². The minimum absolute atomic E-state index is 0.00588. The molecule has 0 saturated carbocycles. The Hall–Kier alpha value is -0.930. The Kier molecular flexibility index (Phi) is 5.09. The summed E-state index contributed by atoms with van der Waals surface area (Å²) in [6.07, 6.45) is 0.258. The van der Waals surface area contributed by atoms with Crippen LogP contribution in [0.4, 0.5) is 4.39 Å². The second kappa shape index (κ2) is 6.12. The summed E-state index contributed by atoms with van der Waals surface area (Å²) in [7, 11) is 0. The topological polar surface area (TPSA) is 43.1 Å². The lowest BCUT2D eigenvalue weighted by Crippen LogP contribution is -2.29. The van der Waals surface area contributed by atoms with Gasteiger partial charge in [-0.05, 0) is 18.1 Å². The molecule has 0 radical (unpaired) electrons. The van der Waals surface area contributed by atoms with Crippen LogP contribution in [0.25, 0.3) is 0 Å². The summed E-state index contributed by atoms with van der Waals surface area (Å²) in [5.41, 5.74) is 6.06. The predicted octanol–water partition coefficient (Wildman–Crippen LogP) is 2.96. The quantitative estimate of drug-likeness (QED) is 0.881. The molecule has 2 N–H and O–H groups in total. The first-order chi connectivity index (χ1) is 7.91. The van der Waals surface area contributed by atoms with E-state index >= 15 is 0 Å². The van der Waals surface area contributed by atoms with Crippen LogP contribution < -0.4 is 5.73 Å². The number of ketones is 1. The van der Waals surface area contributed by atoms with Crippen molar-refractivity contribution in [3.63, 3.8) is 0 Å². The molecular formula is C13H17ClFNO. The average molecular weight is 258 g/mol. The van der Waals surface area contributed by atoms with E-state index in [1.54, 1.807) is 6.07 Å². The SMILES string of the molecule is CC(C)C(N)CC(=O)Cc1c(F)cccc1Cl. The molecule has 0 aliphatic carbocycles. The lowest BCUT2D eigenvalue weighted by atomic mass is 9.96. The Morgan fingerprint density at radius 1 is 1.47 bits per heavy atom. The van der Waals surface area contributed by atoms with Gasteiger partial charge in [-0.3, -0.25) is 4.79 Å². The zero-order valence-electron chi connectivity index (χ0n) is 10.0. The molecule has 1 unspecified atom stereocenters. The van der Waals surface area contributed by atoms with E-state index in [0.29, 0.717) is 0 Å². The van der Waals surface area contributed by atoms with E-state index in [2.05, 4.69) is 0 Å². The molecule has 17 heavy (non-hydrogen) atoms. The van der Waals surface area contributed by atoms with Crippen LogP contribution in [-0.4, -0.2) is 11.8 Å². The van der Waals surface area contributed by atoms with Gasteiger partial charge in [0.1, 0.15) is 11.6 Å². The molecule has 1 aromatic carbocycles. The monoisotopic (exact) mass is 257 g/mol. The molecule has 0 spiro atoms. The Balaban J connectivity index is 2.69. The van der Waals surface area contributed by atoms with Gasteiger partial charge in [0.15, 0.2) is 0 Å². The number of Topliss-reactive ketones (excluding diaryl/α,β-unsaturated/α-hetero) is 1. The van der Waals surface area contributed by atoms with E-state index in [9.17, 15) is 9.18 Å². The molecule has 0 bridgehead atoms. The third-order valence-corrected chi connectivity index (χ3v) is 3.11. The summed E-state index contributed by atoms with van der Waals surface area (Å²) in [5.74, 6) is -0.294. The summed E-state index contributed by atoms with van der Waals surface area (Å²) in [5, 5.41) is 0.288. The van der Waals surface area contributed by atoms with Gasteiger partial charge in [0, 0.05) is 29.5 Å². The molecule has 2 nitrogen and oxygen atoms in total. The van der Waals surface area contributed by atoms with Crippen molar-refractivity contribution < 1.29 is 9.18 Å². The summed E-state index contributed by atoms with van der Waals surface area (Å²) < 4.78 is 13.4. The maximum Gasteiger partial charge on any atom is 0.138 e. The molecule has 0 aliphatic heterocycles. The largest absolute Gasteiger partial charge is 0.327 e. The normalized spacial score (nSPS) is 12.8. The van der Waals surface area contributed by atoms with Crippen molar-refractivity contribution in [1.82, 2.24) is 0 Å². The van der Waals surface area contributed by atoms with Crippen molar-refractivity contribution in [1.29, 1.82) is 0 Å². The highest BCUT2D eigenvalue weighted by Crippen LogP contribution is 2.20. The highest BCUT2D eigenvalue weighted by molar-refractivity contribution is 6.31. The Labute approximate surface area is 106 Å². The van der Waals surface area contributed by atoms with Gasteiger partial charge in [-0.2, -0.15) is 0 Å². The number of nitrogens with two attached hydrogens (primary N) is 1. The van der Waals surface area contributed by atoms with Crippen LogP contribution in [-0.2, 0) is 11.2 Å². The standard InChI is InChI=1S/C13H17ClFNO/c1-8(2)13(16)7-9(17)6-10-11(14)4-3-5-12(10)15/h3-5,8,13H,6-7,16H2,1-2H3. The van der Waals surface area contributed by atoms with Gasteiger partial charge >= 0.3 is 0 Å². The molecule has 1 aromatic rings. The van der Waals surface area contributed by atoms with Crippen molar-refractivity contribution in [3.05, 3.63) is 34.6 Å². The maximum atomic E-state index is 13.4. The van der Waals surface area contributed by atoms with E-state index in [1.807, 2.05) is 13.8 Å². The minimum Gasteiger partial charge on any atom is -0.327 e. The maximum absolute atomic E-state index is 13.4. The smallest absolute Gasteiger partial charge is 0.138 e. The predicted molar refractivity (Wildman–Crippen MR) is 67.6 cm³/mol. The molecule has 0 fully saturated rings. The van der Waals surface area contributed by atoms with E-state index in [1.165, 1.54) is 12.1 Å². The number of hydrogen-bond donors (Lipinski definition) is 1. The van der Waals surface area contributed by atoms with Gasteiger partial charge < -0.3 is 5.73 Å². The first-order valence-corrected chi connectivity index (χ1v) is 5.99. The fraction of sp³-hybridized carbons (Fsp3) is 0.462. The van der Waals surface area contributed by atoms with Crippen LogP contribution in [0.1, 0.15) is 25.8 Å². The molecular weight excluding hydrogens is 241 g/mol. The minimum atomic E-state index is -0.441.